The number of ether oxygens (including phenoxy) is 5. The predicted molar refractivity (Wildman–Crippen MR) is 166 cm³/mol. The Balaban J connectivity index is 1.58. The minimum absolute atomic E-state index is 0.0546. The van der Waals surface area contributed by atoms with Crippen LogP contribution in [0.15, 0.2) is 87.7 Å². The first kappa shape index (κ1) is 30.2. The van der Waals surface area contributed by atoms with Crippen molar-refractivity contribution in [1.82, 2.24) is 5.32 Å². The van der Waals surface area contributed by atoms with E-state index in [2.05, 4.69) is 21.2 Å². The largest absolute Gasteiger partial charge is 0.493 e. The number of hydrogen-bond acceptors (Lipinski definition) is 8. The van der Waals surface area contributed by atoms with Gasteiger partial charge in [0.05, 0.1) is 34.0 Å². The van der Waals surface area contributed by atoms with E-state index < -0.39 is 11.9 Å². The fourth-order valence-electron chi connectivity index (χ4n) is 5.86. The third-order valence-electron chi connectivity index (χ3n) is 7.95. The number of ketones is 1. The number of carbonyl (C=O) groups excluding carboxylic acids is 2. The lowest BCUT2D eigenvalue weighted by Gasteiger charge is -2.37. The lowest BCUT2D eigenvalue weighted by atomic mass is 9.71. The van der Waals surface area contributed by atoms with E-state index in [1.807, 2.05) is 61.5 Å². The van der Waals surface area contributed by atoms with E-state index in [1.165, 1.54) is 0 Å². The topological polar surface area (TPSA) is 92.3 Å². The summed E-state index contributed by atoms with van der Waals surface area (Å²) in [4.78, 5) is 27.9. The molecule has 1 aliphatic carbocycles. The molecule has 1 heterocycles. The number of methoxy groups -OCH3 is 4. The second-order valence-corrected chi connectivity index (χ2v) is 11.3. The molecular formula is C34H34BrNO7. The van der Waals surface area contributed by atoms with Crippen molar-refractivity contribution in [3.05, 3.63) is 104 Å². The van der Waals surface area contributed by atoms with Crippen molar-refractivity contribution >= 4 is 27.7 Å². The maximum Gasteiger partial charge on any atom is 0.337 e. The van der Waals surface area contributed by atoms with Crippen molar-refractivity contribution in [3.8, 4) is 23.0 Å². The Morgan fingerprint density at radius 2 is 1.51 bits per heavy atom. The molecule has 3 aromatic carbocycles. The fraction of sp³-hybridized carbons (Fsp3) is 0.294. The molecule has 2 atom stereocenters. The van der Waals surface area contributed by atoms with Crippen LogP contribution in [0.25, 0.3) is 0 Å². The summed E-state index contributed by atoms with van der Waals surface area (Å²) in [5, 5.41) is 3.41. The molecule has 0 radical (unpaired) electrons. The summed E-state index contributed by atoms with van der Waals surface area (Å²) in [6, 6.07) is 18.8. The van der Waals surface area contributed by atoms with Crippen LogP contribution in [-0.4, -0.2) is 40.2 Å². The summed E-state index contributed by atoms with van der Waals surface area (Å²) in [7, 11) is 6.30. The minimum Gasteiger partial charge on any atom is -0.493 e. The standard InChI is InChI=1S/C34H34BrNO7/c1-19-31(34(38)43-18-20-9-7-6-8-10-20)32(23-16-29(41-4)30(42-5)17-24(23)35)33-25(36-19)13-22(14-26(33)37)21-11-12-27(39-2)28(15-21)40-3/h6-12,15-17,22,32,36H,13-14,18H2,1-5H3/t22-,32-/m0/s1. The maximum absolute atomic E-state index is 14.1. The van der Waals surface area contributed by atoms with E-state index in [1.54, 1.807) is 34.5 Å². The average molecular weight is 649 g/mol. The average Bonchev–Trinajstić information content (AvgIpc) is 3.02. The van der Waals surface area contributed by atoms with Crippen molar-refractivity contribution < 1.29 is 33.3 Å². The molecule has 0 bridgehead atoms. The van der Waals surface area contributed by atoms with Crippen LogP contribution in [0.4, 0.5) is 0 Å². The molecule has 0 fully saturated rings. The fourth-order valence-corrected chi connectivity index (χ4v) is 6.41. The highest BCUT2D eigenvalue weighted by Gasteiger charge is 2.42. The van der Waals surface area contributed by atoms with Gasteiger partial charge in [0.2, 0.25) is 0 Å². The lowest BCUT2D eigenvalue weighted by Crippen LogP contribution is -2.36. The number of benzene rings is 3. The first-order valence-corrected chi connectivity index (χ1v) is 14.7. The number of esters is 1. The Labute approximate surface area is 259 Å². The van der Waals surface area contributed by atoms with Gasteiger partial charge in [0.25, 0.3) is 0 Å². The van der Waals surface area contributed by atoms with Crippen molar-refractivity contribution in [3.63, 3.8) is 0 Å². The first-order valence-electron chi connectivity index (χ1n) is 13.9. The predicted octanol–water partition coefficient (Wildman–Crippen LogP) is 6.59. The highest BCUT2D eigenvalue weighted by atomic mass is 79.9. The van der Waals surface area contributed by atoms with Crippen molar-refractivity contribution in [1.29, 1.82) is 0 Å². The number of nitrogens with one attached hydrogen (secondary N) is 1. The van der Waals surface area contributed by atoms with Crippen molar-refractivity contribution in [2.75, 3.05) is 28.4 Å². The van der Waals surface area contributed by atoms with Crippen LogP contribution in [0.5, 0.6) is 23.0 Å². The second-order valence-electron chi connectivity index (χ2n) is 10.4. The normalized spacial score (nSPS) is 18.0. The zero-order chi connectivity index (χ0) is 30.7. The Morgan fingerprint density at radius 3 is 2.19 bits per heavy atom. The number of rotatable bonds is 9. The first-order chi connectivity index (χ1) is 20.8. The van der Waals surface area contributed by atoms with E-state index >= 15 is 0 Å². The van der Waals surface area contributed by atoms with E-state index in [-0.39, 0.29) is 24.7 Å². The molecule has 3 aromatic rings. The zero-order valence-corrected chi connectivity index (χ0v) is 26.4. The molecule has 0 amide bonds. The number of Topliss-reactive ketones (excluding diaryl/α,β-unsaturated/α-hetero) is 1. The summed E-state index contributed by atoms with van der Waals surface area (Å²) in [6.45, 7) is 1.95. The van der Waals surface area contributed by atoms with Crippen LogP contribution in [-0.2, 0) is 20.9 Å². The smallest absolute Gasteiger partial charge is 0.337 e. The lowest BCUT2D eigenvalue weighted by molar-refractivity contribution is -0.140. The SMILES string of the molecule is COc1ccc([C@@H]2CC(=O)C3=C(C2)NC(C)=C(C(=O)OCc2ccccc2)[C@@H]3c2cc(OC)c(OC)cc2Br)cc1OC. The monoisotopic (exact) mass is 647 g/mol. The van der Waals surface area contributed by atoms with Gasteiger partial charge in [0, 0.05) is 33.8 Å². The number of halogens is 1. The number of carbonyl (C=O) groups is 2. The molecule has 0 saturated carbocycles. The summed E-state index contributed by atoms with van der Waals surface area (Å²) in [5.41, 5.74) is 4.87. The van der Waals surface area contributed by atoms with E-state index in [0.29, 0.717) is 56.3 Å². The number of hydrogen-bond donors (Lipinski definition) is 1. The van der Waals surface area contributed by atoms with Gasteiger partial charge in [-0.3, -0.25) is 4.79 Å². The molecule has 1 aliphatic heterocycles. The van der Waals surface area contributed by atoms with Crippen molar-refractivity contribution in [2.45, 2.75) is 38.2 Å². The Morgan fingerprint density at radius 1 is 0.860 bits per heavy atom. The summed E-state index contributed by atoms with van der Waals surface area (Å²) >= 11 is 3.68. The summed E-state index contributed by atoms with van der Waals surface area (Å²) in [6.07, 6.45) is 0.838. The highest BCUT2D eigenvalue weighted by molar-refractivity contribution is 9.10. The highest BCUT2D eigenvalue weighted by Crippen LogP contribution is 2.49. The van der Waals surface area contributed by atoms with E-state index in [9.17, 15) is 9.59 Å². The Hall–Kier alpha value is -4.24. The van der Waals surface area contributed by atoms with E-state index in [0.717, 1.165) is 16.8 Å². The molecule has 9 heteroatoms. The van der Waals surface area contributed by atoms with Crippen LogP contribution in [0.3, 0.4) is 0 Å². The van der Waals surface area contributed by atoms with Crippen LogP contribution < -0.4 is 24.3 Å². The molecule has 0 unspecified atom stereocenters. The Kier molecular flexibility index (Phi) is 9.11. The molecule has 43 heavy (non-hydrogen) atoms. The number of allylic oxidation sites excluding steroid dienone is 3. The van der Waals surface area contributed by atoms with Gasteiger partial charge in [-0.25, -0.2) is 4.79 Å². The molecule has 0 saturated heterocycles. The summed E-state index contributed by atoms with van der Waals surface area (Å²) < 4.78 is 28.5. The van der Waals surface area contributed by atoms with Gasteiger partial charge < -0.3 is 29.0 Å². The van der Waals surface area contributed by atoms with Gasteiger partial charge in [-0.15, -0.1) is 0 Å². The van der Waals surface area contributed by atoms with Gasteiger partial charge >= 0.3 is 5.97 Å². The second kappa shape index (κ2) is 13.0. The summed E-state index contributed by atoms with van der Waals surface area (Å²) in [5.74, 6) is 0.916. The molecule has 224 valence electrons. The quantitative estimate of drug-likeness (QED) is 0.260. The van der Waals surface area contributed by atoms with Gasteiger partial charge in [-0.1, -0.05) is 52.3 Å². The van der Waals surface area contributed by atoms with Crippen LogP contribution >= 0.6 is 15.9 Å². The zero-order valence-electron chi connectivity index (χ0n) is 24.8. The van der Waals surface area contributed by atoms with Gasteiger partial charge in [0.1, 0.15) is 6.61 Å². The molecule has 2 aliphatic rings. The molecular weight excluding hydrogens is 614 g/mol. The third kappa shape index (κ3) is 5.99. The van der Waals surface area contributed by atoms with Crippen molar-refractivity contribution in [2.24, 2.45) is 0 Å². The maximum atomic E-state index is 14.1. The van der Waals surface area contributed by atoms with Crippen LogP contribution in [0, 0.1) is 0 Å². The molecule has 1 N–H and O–H groups in total. The Bertz CT molecular complexity index is 1610. The molecule has 8 nitrogen and oxygen atoms in total. The van der Waals surface area contributed by atoms with Gasteiger partial charge in [-0.2, -0.15) is 0 Å². The van der Waals surface area contributed by atoms with E-state index in [4.69, 9.17) is 23.7 Å². The van der Waals surface area contributed by atoms with Crippen LogP contribution in [0.2, 0.25) is 0 Å². The molecule has 0 aromatic heterocycles. The van der Waals surface area contributed by atoms with Crippen LogP contribution in [0.1, 0.15) is 48.3 Å². The number of dihydropyridines is 1. The minimum atomic E-state index is -0.687. The molecule has 5 rings (SSSR count). The molecule has 0 spiro atoms. The van der Waals surface area contributed by atoms with Gasteiger partial charge in [0.15, 0.2) is 28.8 Å². The van der Waals surface area contributed by atoms with Gasteiger partial charge in [-0.05, 0) is 60.2 Å². The third-order valence-corrected chi connectivity index (χ3v) is 8.64.